The second kappa shape index (κ2) is 7.06. The number of nitrogens with zero attached hydrogens (tertiary/aromatic N) is 2. The maximum Gasteiger partial charge on any atom is 0.418 e. The van der Waals surface area contributed by atoms with E-state index < -0.39 is 28.5 Å². The van der Waals surface area contributed by atoms with Gasteiger partial charge in [0.1, 0.15) is 6.04 Å². The van der Waals surface area contributed by atoms with Crippen LogP contribution in [0.1, 0.15) is 25.7 Å². The molecule has 3 saturated heterocycles. The number of amides is 3. The van der Waals surface area contributed by atoms with Crippen LogP contribution in [-0.4, -0.2) is 71.6 Å². The standard InChI is InChI=1S/C13H21N3O6S2/c17-12(14-7-9-3-5-23-6-4-9)11-2-1-10-8-15(11)13(18)16(10)22-24(19,20)21/h9-11H,1-8H2,(H,14,17)(H,19,20,21)/t10-,11+/m1/s1. The molecule has 0 aromatic carbocycles. The van der Waals surface area contributed by atoms with Gasteiger partial charge >= 0.3 is 16.4 Å². The first-order valence-corrected chi connectivity index (χ1v) is 10.5. The molecular weight excluding hydrogens is 358 g/mol. The lowest BCUT2D eigenvalue weighted by atomic mass is 9.99. The van der Waals surface area contributed by atoms with Crippen molar-refractivity contribution >= 4 is 34.1 Å². The van der Waals surface area contributed by atoms with Gasteiger partial charge in [-0.15, -0.1) is 4.28 Å². The minimum Gasteiger partial charge on any atom is -0.354 e. The Morgan fingerprint density at radius 1 is 1.29 bits per heavy atom. The quantitative estimate of drug-likeness (QED) is 0.658. The summed E-state index contributed by atoms with van der Waals surface area (Å²) in [5.41, 5.74) is 0. The molecule has 3 rings (SSSR count). The molecular formula is C13H21N3O6S2. The summed E-state index contributed by atoms with van der Waals surface area (Å²) in [7, 11) is -4.77. The summed E-state index contributed by atoms with van der Waals surface area (Å²) < 4.78 is 34.8. The van der Waals surface area contributed by atoms with E-state index in [2.05, 4.69) is 9.60 Å². The second-order valence-corrected chi connectivity index (χ2v) is 8.54. The number of rotatable bonds is 5. The van der Waals surface area contributed by atoms with Crippen LogP contribution < -0.4 is 5.32 Å². The Balaban J connectivity index is 1.58. The largest absolute Gasteiger partial charge is 0.418 e. The van der Waals surface area contributed by atoms with Gasteiger partial charge in [-0.2, -0.15) is 25.2 Å². The highest BCUT2D eigenvalue weighted by molar-refractivity contribution is 7.99. The van der Waals surface area contributed by atoms with E-state index in [1.165, 1.54) is 4.90 Å². The van der Waals surface area contributed by atoms with Gasteiger partial charge in [-0.1, -0.05) is 0 Å². The molecule has 2 bridgehead atoms. The van der Waals surface area contributed by atoms with Crippen molar-refractivity contribution in [3.63, 3.8) is 0 Å². The van der Waals surface area contributed by atoms with Gasteiger partial charge in [-0.3, -0.25) is 9.35 Å². The van der Waals surface area contributed by atoms with Gasteiger partial charge in [0.15, 0.2) is 0 Å². The van der Waals surface area contributed by atoms with Crippen LogP contribution in [0.5, 0.6) is 0 Å². The van der Waals surface area contributed by atoms with Crippen LogP contribution in [0.2, 0.25) is 0 Å². The van der Waals surface area contributed by atoms with Crippen molar-refractivity contribution in [2.45, 2.75) is 37.8 Å². The molecule has 0 aromatic rings. The summed E-state index contributed by atoms with van der Waals surface area (Å²) in [6.07, 6.45) is 3.04. The van der Waals surface area contributed by atoms with E-state index in [-0.39, 0.29) is 12.5 Å². The first-order chi connectivity index (χ1) is 11.3. The fraction of sp³-hybridized carbons (Fsp3) is 0.846. The molecule has 3 aliphatic heterocycles. The number of nitrogens with one attached hydrogen (secondary N) is 1. The summed E-state index contributed by atoms with van der Waals surface area (Å²) in [5.74, 6) is 2.48. The normalized spacial score (nSPS) is 28.3. The number of fused-ring (bicyclic) bond motifs is 2. The minimum absolute atomic E-state index is 0.214. The summed E-state index contributed by atoms with van der Waals surface area (Å²) in [5, 5.41) is 3.57. The Kier molecular flexibility index (Phi) is 5.23. The highest BCUT2D eigenvalue weighted by Gasteiger charge is 2.49. The molecule has 3 heterocycles. The first kappa shape index (κ1) is 17.8. The maximum atomic E-state index is 12.4. The zero-order valence-electron chi connectivity index (χ0n) is 13.1. The summed E-state index contributed by atoms with van der Waals surface area (Å²) in [6.45, 7) is 0.819. The number of hydrogen-bond donors (Lipinski definition) is 2. The predicted molar refractivity (Wildman–Crippen MR) is 86.4 cm³/mol. The number of thioether (sulfide) groups is 1. The summed E-state index contributed by atoms with van der Waals surface area (Å²) >= 11 is 1.92. The van der Waals surface area contributed by atoms with Gasteiger partial charge in [-0.05, 0) is 43.1 Å². The third-order valence-electron chi connectivity index (χ3n) is 4.71. The van der Waals surface area contributed by atoms with Gasteiger partial charge < -0.3 is 10.2 Å². The van der Waals surface area contributed by atoms with E-state index >= 15 is 0 Å². The highest BCUT2D eigenvalue weighted by Crippen LogP contribution is 2.31. The SMILES string of the molecule is O=C(NCC1CCSCC1)[C@@H]1CC[C@@H]2CN1C(=O)N2OS(=O)(=O)O. The van der Waals surface area contributed by atoms with Crippen LogP contribution in [0.25, 0.3) is 0 Å². The Morgan fingerprint density at radius 2 is 2.00 bits per heavy atom. The smallest absolute Gasteiger partial charge is 0.354 e. The number of carbonyl (C=O) groups excluding carboxylic acids is 2. The minimum atomic E-state index is -4.77. The van der Waals surface area contributed by atoms with Crippen molar-refractivity contribution < 1.29 is 26.8 Å². The highest BCUT2D eigenvalue weighted by atomic mass is 32.3. The average Bonchev–Trinajstić information content (AvgIpc) is 2.77. The molecule has 9 nitrogen and oxygen atoms in total. The third-order valence-corrected chi connectivity index (χ3v) is 6.10. The molecule has 0 radical (unpaired) electrons. The van der Waals surface area contributed by atoms with Crippen LogP contribution in [0.4, 0.5) is 4.79 Å². The molecule has 3 amide bonds. The first-order valence-electron chi connectivity index (χ1n) is 7.97. The van der Waals surface area contributed by atoms with Crippen LogP contribution >= 0.6 is 11.8 Å². The molecule has 0 spiro atoms. The van der Waals surface area contributed by atoms with Gasteiger partial charge in [0.2, 0.25) is 5.91 Å². The zero-order valence-corrected chi connectivity index (χ0v) is 14.7. The average molecular weight is 379 g/mol. The van der Waals surface area contributed by atoms with Crippen LogP contribution in [0, 0.1) is 5.92 Å². The number of carbonyl (C=O) groups is 2. The maximum absolute atomic E-state index is 12.4. The second-order valence-electron chi connectivity index (χ2n) is 6.31. The predicted octanol–water partition coefficient (Wildman–Crippen LogP) is 0.249. The van der Waals surface area contributed by atoms with Gasteiger partial charge in [-0.25, -0.2) is 4.79 Å². The van der Waals surface area contributed by atoms with Crippen molar-refractivity contribution in [2.75, 3.05) is 24.6 Å². The number of piperidine rings is 1. The molecule has 0 aliphatic carbocycles. The lowest BCUT2D eigenvalue weighted by Crippen LogP contribution is -2.50. The Morgan fingerprint density at radius 3 is 2.67 bits per heavy atom. The molecule has 2 atom stereocenters. The monoisotopic (exact) mass is 379 g/mol. The summed E-state index contributed by atoms with van der Waals surface area (Å²) in [4.78, 5) is 26.0. The Hall–Kier alpha value is -1.04. The van der Waals surface area contributed by atoms with E-state index in [4.69, 9.17) is 4.55 Å². The summed E-state index contributed by atoms with van der Waals surface area (Å²) in [6, 6.07) is -1.80. The van der Waals surface area contributed by atoms with Crippen LogP contribution in [0.15, 0.2) is 0 Å². The molecule has 0 unspecified atom stereocenters. The number of hydroxylamine groups is 2. The topological polar surface area (TPSA) is 116 Å². The van der Waals surface area contributed by atoms with Crippen molar-refractivity contribution in [2.24, 2.45) is 5.92 Å². The van der Waals surface area contributed by atoms with Crippen molar-refractivity contribution in [3.05, 3.63) is 0 Å². The molecule has 0 saturated carbocycles. The van der Waals surface area contributed by atoms with E-state index in [1.54, 1.807) is 0 Å². The third kappa shape index (κ3) is 3.95. The molecule has 11 heteroatoms. The Bertz CT molecular complexity index is 607. The van der Waals surface area contributed by atoms with Crippen LogP contribution in [0.3, 0.4) is 0 Å². The van der Waals surface area contributed by atoms with E-state index in [0.717, 1.165) is 24.3 Å². The number of urea groups is 1. The van der Waals surface area contributed by atoms with Crippen molar-refractivity contribution in [1.29, 1.82) is 0 Å². The molecule has 136 valence electrons. The van der Waals surface area contributed by atoms with Crippen LogP contribution in [-0.2, 0) is 19.5 Å². The fourth-order valence-corrected chi connectivity index (χ4v) is 5.01. The van der Waals surface area contributed by atoms with Gasteiger partial charge in [0.25, 0.3) is 0 Å². The van der Waals surface area contributed by atoms with E-state index in [0.29, 0.717) is 30.4 Å². The van der Waals surface area contributed by atoms with E-state index in [1.807, 2.05) is 11.8 Å². The number of hydrogen-bond acceptors (Lipinski definition) is 6. The zero-order chi connectivity index (χ0) is 17.3. The van der Waals surface area contributed by atoms with Crippen molar-refractivity contribution in [1.82, 2.24) is 15.3 Å². The fourth-order valence-electron chi connectivity index (χ4n) is 3.42. The molecule has 2 N–H and O–H groups in total. The van der Waals surface area contributed by atoms with Gasteiger partial charge in [0.05, 0.1) is 6.04 Å². The Labute approximate surface area is 145 Å². The van der Waals surface area contributed by atoms with Crippen molar-refractivity contribution in [3.8, 4) is 0 Å². The molecule has 3 fully saturated rings. The molecule has 3 aliphatic rings. The molecule has 0 aromatic heterocycles. The van der Waals surface area contributed by atoms with E-state index in [9.17, 15) is 18.0 Å². The lowest BCUT2D eigenvalue weighted by molar-refractivity contribution is -0.126. The van der Waals surface area contributed by atoms with Gasteiger partial charge in [0, 0.05) is 13.1 Å². The lowest BCUT2D eigenvalue weighted by Gasteiger charge is -2.30. The molecule has 24 heavy (non-hydrogen) atoms.